The summed E-state index contributed by atoms with van der Waals surface area (Å²) in [5.74, 6) is -0.202. The van der Waals surface area contributed by atoms with Crippen LogP contribution in [0.3, 0.4) is 0 Å². The lowest BCUT2D eigenvalue weighted by Crippen LogP contribution is -2.01. The third-order valence-corrected chi connectivity index (χ3v) is 2.37. The van der Waals surface area contributed by atoms with Crippen LogP contribution in [-0.4, -0.2) is 17.7 Å². The van der Waals surface area contributed by atoms with Crippen molar-refractivity contribution in [1.29, 1.82) is 0 Å². The predicted molar refractivity (Wildman–Crippen MR) is 66.0 cm³/mol. The normalized spacial score (nSPS) is 11.2. The summed E-state index contributed by atoms with van der Waals surface area (Å²) < 4.78 is 6.53. The van der Waals surface area contributed by atoms with Crippen LogP contribution in [-0.2, 0) is 4.79 Å². The lowest BCUT2D eigenvalue weighted by Gasteiger charge is -2.05. The van der Waals surface area contributed by atoms with Crippen molar-refractivity contribution in [3.8, 4) is 5.75 Å². The number of benzene rings is 1. The van der Waals surface area contributed by atoms with Crippen molar-refractivity contribution in [1.82, 2.24) is 0 Å². The number of carboxylic acids is 1. The summed E-state index contributed by atoms with van der Waals surface area (Å²) in [6.45, 7) is 2.02. The molecule has 80 valence electrons. The van der Waals surface area contributed by atoms with Gasteiger partial charge >= 0.3 is 5.97 Å². The van der Waals surface area contributed by atoms with Gasteiger partial charge in [-0.05, 0) is 59.4 Å². The molecule has 0 saturated carbocycles. The summed E-state index contributed by atoms with van der Waals surface area (Å²) in [5, 5.41) is 8.48. The van der Waals surface area contributed by atoms with E-state index in [0.29, 0.717) is 12.2 Å². The van der Waals surface area contributed by atoms with Gasteiger partial charge in [0.15, 0.2) is 0 Å². The SMILES string of the molecule is CC(=CC(=O)O)COc1ccc(I)cc1. The lowest BCUT2D eigenvalue weighted by molar-refractivity contribution is -0.131. The molecule has 1 aromatic carbocycles. The fourth-order valence-corrected chi connectivity index (χ4v) is 1.34. The first-order chi connectivity index (χ1) is 7.08. The second-order valence-corrected chi connectivity index (χ2v) is 4.32. The first-order valence-corrected chi connectivity index (χ1v) is 5.44. The van der Waals surface area contributed by atoms with Crippen LogP contribution in [0.1, 0.15) is 6.92 Å². The van der Waals surface area contributed by atoms with Crippen LogP contribution in [0.2, 0.25) is 0 Å². The van der Waals surface area contributed by atoms with E-state index in [2.05, 4.69) is 22.6 Å². The van der Waals surface area contributed by atoms with Crippen LogP contribution >= 0.6 is 22.6 Å². The Hall–Kier alpha value is -1.04. The molecule has 0 fully saturated rings. The largest absolute Gasteiger partial charge is 0.489 e. The van der Waals surface area contributed by atoms with Crippen molar-refractivity contribution in [2.45, 2.75) is 6.92 Å². The van der Waals surface area contributed by atoms with Crippen molar-refractivity contribution >= 4 is 28.6 Å². The zero-order chi connectivity index (χ0) is 11.3. The Kier molecular flexibility index (Phi) is 4.61. The molecule has 0 saturated heterocycles. The molecule has 0 radical (unpaired) electrons. The van der Waals surface area contributed by atoms with E-state index in [1.807, 2.05) is 24.3 Å². The van der Waals surface area contributed by atoms with Crippen molar-refractivity contribution in [2.24, 2.45) is 0 Å². The summed E-state index contributed by atoms with van der Waals surface area (Å²) in [6.07, 6.45) is 1.15. The van der Waals surface area contributed by atoms with Gasteiger partial charge in [-0.15, -0.1) is 0 Å². The zero-order valence-corrected chi connectivity index (χ0v) is 10.4. The minimum atomic E-state index is -0.946. The molecule has 15 heavy (non-hydrogen) atoms. The topological polar surface area (TPSA) is 46.5 Å². The Balaban J connectivity index is 2.50. The minimum Gasteiger partial charge on any atom is -0.489 e. The van der Waals surface area contributed by atoms with Crippen molar-refractivity contribution in [3.05, 3.63) is 39.5 Å². The van der Waals surface area contributed by atoms with Crippen molar-refractivity contribution in [2.75, 3.05) is 6.61 Å². The maximum Gasteiger partial charge on any atom is 0.328 e. The number of carbonyl (C=O) groups is 1. The molecule has 0 spiro atoms. The highest BCUT2D eigenvalue weighted by Gasteiger charge is 1.97. The van der Waals surface area contributed by atoms with E-state index in [-0.39, 0.29) is 0 Å². The lowest BCUT2D eigenvalue weighted by atomic mass is 10.3. The van der Waals surface area contributed by atoms with Gasteiger partial charge in [-0.3, -0.25) is 0 Å². The monoisotopic (exact) mass is 318 g/mol. The highest BCUT2D eigenvalue weighted by Crippen LogP contribution is 2.14. The molecule has 0 aliphatic carbocycles. The zero-order valence-electron chi connectivity index (χ0n) is 8.24. The molecule has 3 nitrogen and oxygen atoms in total. The maximum atomic E-state index is 10.3. The Morgan fingerprint density at radius 2 is 2.07 bits per heavy atom. The van der Waals surface area contributed by atoms with E-state index in [4.69, 9.17) is 9.84 Å². The fourth-order valence-electron chi connectivity index (χ4n) is 0.980. The molecule has 0 aromatic heterocycles. The van der Waals surface area contributed by atoms with Gasteiger partial charge in [-0.2, -0.15) is 0 Å². The maximum absolute atomic E-state index is 10.3. The van der Waals surface area contributed by atoms with Gasteiger partial charge in [-0.25, -0.2) is 4.79 Å². The Labute approximate surface area is 102 Å². The number of ether oxygens (including phenoxy) is 1. The Bertz CT molecular complexity index is 368. The van der Waals surface area contributed by atoms with Gasteiger partial charge < -0.3 is 9.84 Å². The first kappa shape index (κ1) is 12.0. The third kappa shape index (κ3) is 4.83. The number of rotatable bonds is 4. The minimum absolute atomic E-state index is 0.299. The predicted octanol–water partition coefficient (Wildman–Crippen LogP) is 2.70. The van der Waals surface area contributed by atoms with Gasteiger partial charge in [0.05, 0.1) is 0 Å². The molecule has 0 heterocycles. The molecule has 1 N–H and O–H groups in total. The third-order valence-electron chi connectivity index (χ3n) is 1.65. The first-order valence-electron chi connectivity index (χ1n) is 4.36. The number of hydrogen-bond acceptors (Lipinski definition) is 2. The summed E-state index contributed by atoms with van der Waals surface area (Å²) in [7, 11) is 0. The van der Waals surface area contributed by atoms with E-state index >= 15 is 0 Å². The number of halogens is 1. The van der Waals surface area contributed by atoms with E-state index in [9.17, 15) is 4.79 Å². The van der Waals surface area contributed by atoms with Gasteiger partial charge in [0.25, 0.3) is 0 Å². The van der Waals surface area contributed by atoms with E-state index in [1.54, 1.807) is 6.92 Å². The molecule has 0 atom stereocenters. The molecule has 0 aliphatic rings. The molecule has 1 aromatic rings. The summed E-state index contributed by atoms with van der Waals surface area (Å²) in [4.78, 5) is 10.3. The molecule has 0 aliphatic heterocycles. The molecule has 0 amide bonds. The smallest absolute Gasteiger partial charge is 0.328 e. The number of hydrogen-bond donors (Lipinski definition) is 1. The Morgan fingerprint density at radius 1 is 1.47 bits per heavy atom. The van der Waals surface area contributed by atoms with Gasteiger partial charge in [0.1, 0.15) is 12.4 Å². The van der Waals surface area contributed by atoms with Crippen LogP contribution in [0, 0.1) is 3.57 Å². The number of aliphatic carboxylic acids is 1. The molecule has 0 bridgehead atoms. The highest BCUT2D eigenvalue weighted by molar-refractivity contribution is 14.1. The van der Waals surface area contributed by atoms with Crippen LogP contribution < -0.4 is 4.74 Å². The summed E-state index contributed by atoms with van der Waals surface area (Å²) in [5.41, 5.74) is 0.682. The molecular weight excluding hydrogens is 307 g/mol. The van der Waals surface area contributed by atoms with Crippen LogP contribution in [0.25, 0.3) is 0 Å². The van der Waals surface area contributed by atoms with Crippen molar-refractivity contribution in [3.63, 3.8) is 0 Å². The molecule has 4 heteroatoms. The summed E-state index contributed by atoms with van der Waals surface area (Å²) >= 11 is 2.21. The van der Waals surface area contributed by atoms with E-state index in [1.165, 1.54) is 0 Å². The van der Waals surface area contributed by atoms with Crippen molar-refractivity contribution < 1.29 is 14.6 Å². The molecular formula is C11H11IO3. The van der Waals surface area contributed by atoms with Gasteiger partial charge in [0, 0.05) is 9.65 Å². The Morgan fingerprint density at radius 3 is 2.60 bits per heavy atom. The highest BCUT2D eigenvalue weighted by atomic mass is 127. The van der Waals surface area contributed by atoms with E-state index < -0.39 is 5.97 Å². The average Bonchev–Trinajstić information content (AvgIpc) is 2.16. The van der Waals surface area contributed by atoms with Gasteiger partial charge in [-0.1, -0.05) is 0 Å². The van der Waals surface area contributed by atoms with Gasteiger partial charge in [0.2, 0.25) is 0 Å². The molecule has 1 rings (SSSR count). The standard InChI is InChI=1S/C11H11IO3/c1-8(6-11(13)14)7-15-10-4-2-9(12)3-5-10/h2-6H,7H2,1H3,(H,13,14). The fraction of sp³-hybridized carbons (Fsp3) is 0.182. The van der Waals surface area contributed by atoms with E-state index in [0.717, 1.165) is 15.4 Å². The average molecular weight is 318 g/mol. The number of carboxylic acid groups (broad SMARTS) is 1. The van der Waals surface area contributed by atoms with Crippen LogP contribution in [0.15, 0.2) is 35.9 Å². The molecule has 0 unspecified atom stereocenters. The second kappa shape index (κ2) is 5.75. The summed E-state index contributed by atoms with van der Waals surface area (Å²) in [6, 6.07) is 7.59. The second-order valence-electron chi connectivity index (χ2n) is 3.07. The van der Waals surface area contributed by atoms with Crippen LogP contribution in [0.5, 0.6) is 5.75 Å². The van der Waals surface area contributed by atoms with Crippen LogP contribution in [0.4, 0.5) is 0 Å². The quantitative estimate of drug-likeness (QED) is 0.686.